The van der Waals surface area contributed by atoms with Crippen LogP contribution in [0, 0.1) is 12.7 Å². The third kappa shape index (κ3) is 3.60. The Kier molecular flexibility index (Phi) is 4.94. The second-order valence-electron chi connectivity index (χ2n) is 4.67. The molecule has 0 saturated heterocycles. The molecular formula is C14H22FN. The van der Waals surface area contributed by atoms with Gasteiger partial charge in [0, 0.05) is 6.04 Å². The molecule has 0 aliphatic heterocycles. The molecule has 0 spiro atoms. The van der Waals surface area contributed by atoms with E-state index in [0.717, 1.165) is 24.8 Å². The molecule has 0 fully saturated rings. The molecule has 0 bridgehead atoms. The van der Waals surface area contributed by atoms with E-state index < -0.39 is 0 Å². The van der Waals surface area contributed by atoms with E-state index in [-0.39, 0.29) is 11.9 Å². The lowest BCUT2D eigenvalue weighted by Crippen LogP contribution is -2.15. The van der Waals surface area contributed by atoms with Crippen LogP contribution in [0.2, 0.25) is 0 Å². The van der Waals surface area contributed by atoms with Gasteiger partial charge in [-0.15, -0.1) is 0 Å². The molecule has 1 aromatic carbocycles. The van der Waals surface area contributed by atoms with Gasteiger partial charge in [0.05, 0.1) is 0 Å². The number of hydrogen-bond acceptors (Lipinski definition) is 1. The van der Waals surface area contributed by atoms with Crippen LogP contribution < -0.4 is 5.73 Å². The first-order valence-corrected chi connectivity index (χ1v) is 6.06. The smallest absolute Gasteiger partial charge is 0.126 e. The third-order valence-electron chi connectivity index (χ3n) is 3.12. The lowest BCUT2D eigenvalue weighted by Gasteiger charge is -2.17. The molecule has 2 unspecified atom stereocenters. The normalized spacial score (nSPS) is 14.8. The van der Waals surface area contributed by atoms with Gasteiger partial charge in [-0.3, -0.25) is 0 Å². The number of hydrogen-bond donors (Lipinski definition) is 1. The van der Waals surface area contributed by atoms with Gasteiger partial charge >= 0.3 is 0 Å². The van der Waals surface area contributed by atoms with E-state index in [2.05, 4.69) is 6.92 Å². The number of aryl methyl sites for hydroxylation is 1. The Hall–Kier alpha value is -0.890. The molecule has 16 heavy (non-hydrogen) atoms. The molecule has 1 nitrogen and oxygen atoms in total. The zero-order chi connectivity index (χ0) is 12.1. The molecule has 0 aliphatic carbocycles. The summed E-state index contributed by atoms with van der Waals surface area (Å²) in [6.45, 7) is 6.02. The summed E-state index contributed by atoms with van der Waals surface area (Å²) >= 11 is 0. The average molecular weight is 223 g/mol. The fourth-order valence-electron chi connectivity index (χ4n) is 1.99. The molecule has 0 heterocycles. The van der Waals surface area contributed by atoms with Crippen molar-refractivity contribution < 1.29 is 4.39 Å². The van der Waals surface area contributed by atoms with Crippen LogP contribution in [0.4, 0.5) is 4.39 Å². The summed E-state index contributed by atoms with van der Waals surface area (Å²) in [6, 6.07) is 5.68. The monoisotopic (exact) mass is 223 g/mol. The van der Waals surface area contributed by atoms with Crippen LogP contribution in [0.15, 0.2) is 18.2 Å². The van der Waals surface area contributed by atoms with E-state index in [9.17, 15) is 4.39 Å². The van der Waals surface area contributed by atoms with Gasteiger partial charge in [-0.05, 0) is 56.2 Å². The number of benzene rings is 1. The van der Waals surface area contributed by atoms with Crippen molar-refractivity contribution in [1.82, 2.24) is 0 Å². The van der Waals surface area contributed by atoms with Crippen molar-refractivity contribution in [2.45, 2.75) is 52.0 Å². The minimum Gasteiger partial charge on any atom is -0.328 e. The summed E-state index contributed by atoms with van der Waals surface area (Å²) in [6.07, 6.45) is 3.19. The molecule has 0 amide bonds. The first-order chi connectivity index (χ1) is 7.54. The van der Waals surface area contributed by atoms with Gasteiger partial charge in [-0.25, -0.2) is 4.39 Å². The number of rotatable bonds is 5. The van der Waals surface area contributed by atoms with Gasteiger partial charge in [0.25, 0.3) is 0 Å². The highest BCUT2D eigenvalue weighted by Crippen LogP contribution is 2.26. The fraction of sp³-hybridized carbons (Fsp3) is 0.571. The van der Waals surface area contributed by atoms with Crippen molar-refractivity contribution in [2.75, 3.05) is 0 Å². The summed E-state index contributed by atoms with van der Waals surface area (Å²) in [4.78, 5) is 0. The highest BCUT2D eigenvalue weighted by atomic mass is 19.1. The Morgan fingerprint density at radius 2 is 2.00 bits per heavy atom. The highest BCUT2D eigenvalue weighted by Gasteiger charge is 2.11. The van der Waals surface area contributed by atoms with E-state index >= 15 is 0 Å². The first kappa shape index (κ1) is 13.2. The highest BCUT2D eigenvalue weighted by molar-refractivity contribution is 5.26. The molecule has 0 saturated carbocycles. The average Bonchev–Trinajstić information content (AvgIpc) is 2.23. The van der Waals surface area contributed by atoms with Crippen LogP contribution in [0.3, 0.4) is 0 Å². The van der Waals surface area contributed by atoms with Gasteiger partial charge in [0.2, 0.25) is 0 Å². The van der Waals surface area contributed by atoms with Gasteiger partial charge in [-0.2, -0.15) is 0 Å². The number of nitrogens with two attached hydrogens (primary N) is 1. The lowest BCUT2D eigenvalue weighted by molar-refractivity contribution is 0.530. The molecule has 0 aromatic heterocycles. The Labute approximate surface area is 97.9 Å². The van der Waals surface area contributed by atoms with Gasteiger partial charge < -0.3 is 5.73 Å². The Morgan fingerprint density at radius 3 is 2.50 bits per heavy atom. The van der Waals surface area contributed by atoms with Crippen LogP contribution in [0.5, 0.6) is 0 Å². The summed E-state index contributed by atoms with van der Waals surface area (Å²) in [5, 5.41) is 0. The van der Waals surface area contributed by atoms with E-state index in [4.69, 9.17) is 5.73 Å². The summed E-state index contributed by atoms with van der Waals surface area (Å²) in [7, 11) is 0. The quantitative estimate of drug-likeness (QED) is 0.808. The van der Waals surface area contributed by atoms with Crippen LogP contribution >= 0.6 is 0 Å². The zero-order valence-corrected chi connectivity index (χ0v) is 10.5. The maximum Gasteiger partial charge on any atom is 0.126 e. The van der Waals surface area contributed by atoms with Crippen LogP contribution in [0.25, 0.3) is 0 Å². The molecule has 2 atom stereocenters. The van der Waals surface area contributed by atoms with Crippen molar-refractivity contribution in [1.29, 1.82) is 0 Å². The summed E-state index contributed by atoms with van der Waals surface area (Å²) < 4.78 is 13.2. The molecule has 0 radical (unpaired) electrons. The molecule has 90 valence electrons. The maximum atomic E-state index is 13.2. The Bertz CT molecular complexity index is 334. The minimum absolute atomic E-state index is 0.120. The van der Waals surface area contributed by atoms with E-state index in [1.807, 2.05) is 26.0 Å². The molecule has 0 aliphatic rings. The zero-order valence-electron chi connectivity index (χ0n) is 10.5. The molecular weight excluding hydrogens is 201 g/mol. The molecule has 1 rings (SSSR count). The van der Waals surface area contributed by atoms with Gasteiger partial charge in [0.15, 0.2) is 0 Å². The molecule has 2 heteroatoms. The van der Waals surface area contributed by atoms with E-state index in [1.54, 1.807) is 6.07 Å². The van der Waals surface area contributed by atoms with Crippen molar-refractivity contribution >= 4 is 0 Å². The lowest BCUT2D eigenvalue weighted by atomic mass is 9.90. The summed E-state index contributed by atoms with van der Waals surface area (Å²) in [5.74, 6) is 0.385. The van der Waals surface area contributed by atoms with Crippen LogP contribution in [0.1, 0.15) is 50.2 Å². The SMILES string of the molecule is CCC(CCC(C)N)c1ccc(F)c(C)c1. The van der Waals surface area contributed by atoms with Gasteiger partial charge in [0.1, 0.15) is 5.82 Å². The predicted molar refractivity (Wildman–Crippen MR) is 67.1 cm³/mol. The summed E-state index contributed by atoms with van der Waals surface area (Å²) in [5.41, 5.74) is 7.74. The molecule has 1 aromatic rings. The van der Waals surface area contributed by atoms with Gasteiger partial charge in [-0.1, -0.05) is 19.1 Å². The van der Waals surface area contributed by atoms with Crippen LogP contribution in [-0.2, 0) is 0 Å². The fourth-order valence-corrected chi connectivity index (χ4v) is 1.99. The van der Waals surface area contributed by atoms with Crippen molar-refractivity contribution in [3.05, 3.63) is 35.1 Å². The van der Waals surface area contributed by atoms with Crippen molar-refractivity contribution in [3.63, 3.8) is 0 Å². The van der Waals surface area contributed by atoms with Crippen molar-refractivity contribution in [3.8, 4) is 0 Å². The second-order valence-corrected chi connectivity index (χ2v) is 4.67. The van der Waals surface area contributed by atoms with Crippen molar-refractivity contribution in [2.24, 2.45) is 5.73 Å². The topological polar surface area (TPSA) is 26.0 Å². The van der Waals surface area contributed by atoms with E-state index in [0.29, 0.717) is 5.92 Å². The Balaban J connectivity index is 2.74. The minimum atomic E-state index is -0.120. The standard InChI is InChI=1S/C14H22FN/c1-4-12(6-5-11(3)16)13-7-8-14(15)10(2)9-13/h7-9,11-12H,4-6,16H2,1-3H3. The first-order valence-electron chi connectivity index (χ1n) is 6.06. The number of halogens is 1. The largest absolute Gasteiger partial charge is 0.328 e. The third-order valence-corrected chi connectivity index (χ3v) is 3.12. The van der Waals surface area contributed by atoms with Crippen LogP contribution in [-0.4, -0.2) is 6.04 Å². The Morgan fingerprint density at radius 1 is 1.31 bits per heavy atom. The van der Waals surface area contributed by atoms with E-state index in [1.165, 1.54) is 5.56 Å². The second kappa shape index (κ2) is 6.00. The molecule has 2 N–H and O–H groups in total. The maximum absolute atomic E-state index is 13.2. The predicted octanol–water partition coefficient (Wildman–Crippen LogP) is 3.76.